The average Bonchev–Trinajstić information content (AvgIpc) is 3.15. The van der Waals surface area contributed by atoms with Crippen molar-refractivity contribution in [2.75, 3.05) is 26.0 Å². The molecule has 0 spiro atoms. The van der Waals surface area contributed by atoms with E-state index < -0.39 is 21.5 Å². The van der Waals surface area contributed by atoms with E-state index in [0.29, 0.717) is 47.1 Å². The first-order valence-electron chi connectivity index (χ1n) is 9.71. The number of nitrogens with zero attached hydrogens (tertiary/aromatic N) is 2. The van der Waals surface area contributed by atoms with E-state index in [1.807, 2.05) is 0 Å². The van der Waals surface area contributed by atoms with E-state index in [1.54, 1.807) is 23.1 Å². The molecule has 2 heterocycles. The van der Waals surface area contributed by atoms with Gasteiger partial charge in [0.2, 0.25) is 5.91 Å². The molecule has 1 fully saturated rings. The normalized spacial score (nSPS) is 15.2. The van der Waals surface area contributed by atoms with Crippen molar-refractivity contribution in [2.45, 2.75) is 23.8 Å². The summed E-state index contributed by atoms with van der Waals surface area (Å²) >= 11 is 1.28. The van der Waals surface area contributed by atoms with Crippen LogP contribution in [-0.4, -0.2) is 56.3 Å². The second kappa shape index (κ2) is 8.80. The monoisotopic (exact) mass is 464 g/mol. The Morgan fingerprint density at radius 2 is 1.90 bits per heavy atom. The SMILES string of the molecule is COc1ccc(S(=O)(=O)CC(=O)N2CCC(Oc3nc4ccc(F)cc4s3)CC2)cc1. The predicted octanol–water partition coefficient (Wildman–Crippen LogP) is 3.29. The van der Waals surface area contributed by atoms with E-state index in [1.165, 1.54) is 42.7 Å². The number of piperidine rings is 1. The summed E-state index contributed by atoms with van der Waals surface area (Å²) in [7, 11) is -2.23. The van der Waals surface area contributed by atoms with Gasteiger partial charge in [-0.25, -0.2) is 17.8 Å². The summed E-state index contributed by atoms with van der Waals surface area (Å²) in [5.74, 6) is -0.775. The highest BCUT2D eigenvalue weighted by Crippen LogP contribution is 2.30. The highest BCUT2D eigenvalue weighted by atomic mass is 32.2. The van der Waals surface area contributed by atoms with Crippen LogP contribution in [0, 0.1) is 5.82 Å². The molecule has 0 aliphatic carbocycles. The van der Waals surface area contributed by atoms with Crippen molar-refractivity contribution in [2.24, 2.45) is 0 Å². The molecule has 0 unspecified atom stereocenters. The van der Waals surface area contributed by atoms with Gasteiger partial charge in [0.1, 0.15) is 23.4 Å². The van der Waals surface area contributed by atoms with E-state index in [0.717, 1.165) is 0 Å². The molecule has 1 aromatic heterocycles. The third-order valence-corrected chi connectivity index (χ3v) is 7.65. The third kappa shape index (κ3) is 4.96. The van der Waals surface area contributed by atoms with Gasteiger partial charge in [-0.3, -0.25) is 4.79 Å². The lowest BCUT2D eigenvalue weighted by molar-refractivity contribution is -0.130. The van der Waals surface area contributed by atoms with Crippen LogP contribution in [0.4, 0.5) is 4.39 Å². The summed E-state index contributed by atoms with van der Waals surface area (Å²) in [5.41, 5.74) is 0.678. The van der Waals surface area contributed by atoms with Gasteiger partial charge in [0.25, 0.3) is 5.19 Å². The van der Waals surface area contributed by atoms with Crippen LogP contribution < -0.4 is 9.47 Å². The molecular formula is C21H21FN2O5S2. The number of thiazole rings is 1. The van der Waals surface area contributed by atoms with Crippen molar-refractivity contribution < 1.29 is 27.1 Å². The number of likely N-dealkylation sites (tertiary alicyclic amines) is 1. The zero-order valence-electron chi connectivity index (χ0n) is 16.8. The van der Waals surface area contributed by atoms with Crippen LogP contribution in [0.2, 0.25) is 0 Å². The number of amides is 1. The molecule has 10 heteroatoms. The van der Waals surface area contributed by atoms with Gasteiger partial charge in [0, 0.05) is 25.9 Å². The van der Waals surface area contributed by atoms with E-state index in [-0.39, 0.29) is 16.8 Å². The zero-order chi connectivity index (χ0) is 22.0. The average molecular weight is 465 g/mol. The Balaban J connectivity index is 1.32. The first kappa shape index (κ1) is 21.5. The molecule has 7 nitrogen and oxygen atoms in total. The van der Waals surface area contributed by atoms with Crippen LogP contribution in [0.25, 0.3) is 10.2 Å². The molecule has 0 saturated carbocycles. The molecule has 1 aliphatic heterocycles. The van der Waals surface area contributed by atoms with Crippen LogP contribution in [0.15, 0.2) is 47.4 Å². The van der Waals surface area contributed by atoms with Crippen molar-refractivity contribution in [1.82, 2.24) is 9.88 Å². The fraction of sp³-hybridized carbons (Fsp3) is 0.333. The van der Waals surface area contributed by atoms with Crippen LogP contribution in [0.5, 0.6) is 10.9 Å². The highest BCUT2D eigenvalue weighted by Gasteiger charge is 2.28. The van der Waals surface area contributed by atoms with Gasteiger partial charge >= 0.3 is 0 Å². The van der Waals surface area contributed by atoms with Crippen LogP contribution in [0.3, 0.4) is 0 Å². The zero-order valence-corrected chi connectivity index (χ0v) is 18.4. The summed E-state index contributed by atoms with van der Waals surface area (Å²) in [4.78, 5) is 18.6. The molecule has 0 N–H and O–H groups in total. The molecule has 3 aromatic rings. The Morgan fingerprint density at radius 3 is 2.58 bits per heavy atom. The third-order valence-electron chi connectivity index (χ3n) is 5.13. The van der Waals surface area contributed by atoms with Crippen molar-refractivity contribution in [1.29, 1.82) is 0 Å². The molecule has 4 rings (SSSR count). The molecule has 0 atom stereocenters. The number of carbonyl (C=O) groups excluding carboxylic acids is 1. The summed E-state index contributed by atoms with van der Waals surface area (Å²) in [6, 6.07) is 10.4. The number of hydrogen-bond donors (Lipinski definition) is 0. The molecule has 1 aliphatic rings. The van der Waals surface area contributed by atoms with Crippen LogP contribution in [0.1, 0.15) is 12.8 Å². The first-order chi connectivity index (χ1) is 14.8. The van der Waals surface area contributed by atoms with E-state index >= 15 is 0 Å². The number of methoxy groups -OCH3 is 1. The molecule has 1 amide bonds. The van der Waals surface area contributed by atoms with Gasteiger partial charge in [-0.15, -0.1) is 0 Å². The number of halogens is 1. The second-order valence-electron chi connectivity index (χ2n) is 7.22. The van der Waals surface area contributed by atoms with Gasteiger partial charge in [0.15, 0.2) is 9.84 Å². The van der Waals surface area contributed by atoms with Gasteiger partial charge in [-0.1, -0.05) is 11.3 Å². The first-order valence-corrected chi connectivity index (χ1v) is 12.2. The smallest absolute Gasteiger partial charge is 0.274 e. The van der Waals surface area contributed by atoms with Gasteiger partial charge in [-0.2, -0.15) is 0 Å². The number of ether oxygens (including phenoxy) is 2. The van der Waals surface area contributed by atoms with Crippen molar-refractivity contribution >= 4 is 37.3 Å². The van der Waals surface area contributed by atoms with Crippen LogP contribution in [-0.2, 0) is 14.6 Å². The molecule has 0 radical (unpaired) electrons. The minimum atomic E-state index is -3.73. The number of hydrogen-bond acceptors (Lipinski definition) is 7. The largest absolute Gasteiger partial charge is 0.497 e. The number of sulfone groups is 1. The number of benzene rings is 2. The maximum absolute atomic E-state index is 13.3. The van der Waals surface area contributed by atoms with Crippen molar-refractivity contribution in [3.05, 3.63) is 48.3 Å². The number of aromatic nitrogens is 1. The maximum Gasteiger partial charge on any atom is 0.274 e. The van der Waals surface area contributed by atoms with Crippen molar-refractivity contribution in [3.63, 3.8) is 0 Å². The standard InChI is InChI=1S/C21H21FN2O5S2/c1-28-15-3-5-17(6-4-15)31(26,27)13-20(25)24-10-8-16(9-11-24)29-21-23-18-7-2-14(22)12-19(18)30-21/h2-7,12,16H,8-11,13H2,1H3. The van der Waals surface area contributed by atoms with Crippen molar-refractivity contribution in [3.8, 4) is 10.9 Å². The lowest BCUT2D eigenvalue weighted by Gasteiger charge is -2.31. The molecule has 2 aromatic carbocycles. The van der Waals surface area contributed by atoms with Gasteiger partial charge in [0.05, 0.1) is 22.2 Å². The Labute approximate surface area is 183 Å². The van der Waals surface area contributed by atoms with E-state index in [4.69, 9.17) is 9.47 Å². The molecule has 31 heavy (non-hydrogen) atoms. The lowest BCUT2D eigenvalue weighted by atomic mass is 10.1. The fourth-order valence-corrected chi connectivity index (χ4v) is 5.54. The Hall–Kier alpha value is -2.72. The van der Waals surface area contributed by atoms with Crippen LogP contribution >= 0.6 is 11.3 Å². The molecule has 0 bridgehead atoms. The summed E-state index contributed by atoms with van der Waals surface area (Å²) in [6.45, 7) is 0.808. The highest BCUT2D eigenvalue weighted by molar-refractivity contribution is 7.92. The Kier molecular flexibility index (Phi) is 6.10. The summed E-state index contributed by atoms with van der Waals surface area (Å²) in [6.07, 6.45) is 1.00. The summed E-state index contributed by atoms with van der Waals surface area (Å²) in [5, 5.41) is 0.465. The summed E-state index contributed by atoms with van der Waals surface area (Å²) < 4.78 is 50.1. The minimum absolute atomic E-state index is 0.0899. The fourth-order valence-electron chi connectivity index (χ4n) is 3.41. The maximum atomic E-state index is 13.3. The quantitative estimate of drug-likeness (QED) is 0.557. The Morgan fingerprint density at radius 1 is 1.19 bits per heavy atom. The molecule has 1 saturated heterocycles. The second-order valence-corrected chi connectivity index (χ2v) is 10.2. The lowest BCUT2D eigenvalue weighted by Crippen LogP contribution is -2.44. The molecular weight excluding hydrogens is 443 g/mol. The Bertz CT molecular complexity index is 1190. The number of carbonyl (C=O) groups is 1. The van der Waals surface area contributed by atoms with E-state index in [9.17, 15) is 17.6 Å². The van der Waals surface area contributed by atoms with Gasteiger partial charge in [-0.05, 0) is 42.5 Å². The molecule has 164 valence electrons. The topological polar surface area (TPSA) is 85.8 Å². The number of rotatable bonds is 6. The minimum Gasteiger partial charge on any atom is -0.497 e. The van der Waals surface area contributed by atoms with E-state index in [2.05, 4.69) is 4.98 Å². The number of fused-ring (bicyclic) bond motifs is 1. The van der Waals surface area contributed by atoms with Gasteiger partial charge < -0.3 is 14.4 Å². The predicted molar refractivity (Wildman–Crippen MR) is 115 cm³/mol.